The highest BCUT2D eigenvalue weighted by atomic mass is 15.0. The summed E-state index contributed by atoms with van der Waals surface area (Å²) >= 11 is 0. The molecule has 0 unspecified atom stereocenters. The molecule has 1 aromatic heterocycles. The van der Waals surface area contributed by atoms with E-state index in [1.165, 1.54) is 39.2 Å². The summed E-state index contributed by atoms with van der Waals surface area (Å²) in [5.74, 6) is 0.837. The molecule has 3 aromatic carbocycles. The van der Waals surface area contributed by atoms with Gasteiger partial charge in [0.05, 0.1) is 17.4 Å². The third kappa shape index (κ3) is 4.75. The highest BCUT2D eigenvalue weighted by Crippen LogP contribution is 2.38. The van der Waals surface area contributed by atoms with Crippen LogP contribution in [0.4, 0.5) is 11.4 Å². The van der Waals surface area contributed by atoms with Crippen LogP contribution in [0.15, 0.2) is 84.9 Å². The average molecular weight is 476 g/mol. The Morgan fingerprint density at radius 1 is 0.778 bits per heavy atom. The van der Waals surface area contributed by atoms with Crippen molar-refractivity contribution in [3.8, 4) is 11.3 Å². The molecule has 1 aliphatic rings. The average Bonchev–Trinajstić information content (AvgIpc) is 3.27. The van der Waals surface area contributed by atoms with Gasteiger partial charge >= 0.3 is 0 Å². The van der Waals surface area contributed by atoms with E-state index in [1.54, 1.807) is 0 Å². The van der Waals surface area contributed by atoms with Crippen molar-refractivity contribution in [3.05, 3.63) is 113 Å². The highest BCUT2D eigenvalue weighted by Gasteiger charge is 2.23. The standard InChI is InChI=1S/C33H37N3/c1-21(2)26-15-10-16-27(22(3)4)33(26)36-32(24-12-7-6-8-13-24)30-19-11-18-29(35-30)28-17-9-14-25-20-23(5)34-31(25)28/h6-19,21-23,32,34,36H,20H2,1-5H3/t23-,32+/m0/s1. The molecule has 0 saturated heterocycles. The fourth-order valence-electron chi connectivity index (χ4n) is 5.38. The van der Waals surface area contributed by atoms with Crippen molar-refractivity contribution in [2.75, 3.05) is 10.6 Å². The van der Waals surface area contributed by atoms with Crippen LogP contribution in [0.25, 0.3) is 11.3 Å². The van der Waals surface area contributed by atoms with Crippen molar-refractivity contribution in [2.24, 2.45) is 0 Å². The summed E-state index contributed by atoms with van der Waals surface area (Å²) < 4.78 is 0. The lowest BCUT2D eigenvalue weighted by Gasteiger charge is -2.27. The maximum atomic E-state index is 5.26. The molecule has 0 fully saturated rings. The molecule has 4 aromatic rings. The topological polar surface area (TPSA) is 37.0 Å². The Hall–Kier alpha value is -3.59. The molecule has 0 aliphatic carbocycles. The Morgan fingerprint density at radius 2 is 1.44 bits per heavy atom. The van der Waals surface area contributed by atoms with E-state index in [9.17, 15) is 0 Å². The number of hydrogen-bond acceptors (Lipinski definition) is 3. The van der Waals surface area contributed by atoms with Gasteiger partial charge in [0, 0.05) is 23.0 Å². The molecule has 0 bridgehead atoms. The smallest absolute Gasteiger partial charge is 0.0940 e. The Labute approximate surface area is 216 Å². The van der Waals surface area contributed by atoms with Gasteiger partial charge < -0.3 is 10.6 Å². The molecule has 0 amide bonds. The predicted octanol–water partition coefficient (Wildman–Crippen LogP) is 8.55. The van der Waals surface area contributed by atoms with E-state index in [0.717, 1.165) is 17.8 Å². The normalized spacial score (nSPS) is 15.6. The van der Waals surface area contributed by atoms with Crippen molar-refractivity contribution < 1.29 is 0 Å². The first-order valence-electron chi connectivity index (χ1n) is 13.2. The molecule has 184 valence electrons. The lowest BCUT2D eigenvalue weighted by molar-refractivity contribution is 0.814. The summed E-state index contributed by atoms with van der Waals surface area (Å²) in [4.78, 5) is 5.26. The van der Waals surface area contributed by atoms with Crippen molar-refractivity contribution in [1.82, 2.24) is 4.98 Å². The highest BCUT2D eigenvalue weighted by molar-refractivity contribution is 5.80. The molecule has 2 atom stereocenters. The summed E-state index contributed by atoms with van der Waals surface area (Å²) in [5.41, 5.74) is 10.9. The number of anilines is 2. The van der Waals surface area contributed by atoms with E-state index in [-0.39, 0.29) is 6.04 Å². The number of pyridine rings is 1. The van der Waals surface area contributed by atoms with Gasteiger partial charge in [0.15, 0.2) is 0 Å². The second kappa shape index (κ2) is 10.2. The molecular weight excluding hydrogens is 438 g/mol. The van der Waals surface area contributed by atoms with Gasteiger partial charge in [0.25, 0.3) is 0 Å². The number of fused-ring (bicyclic) bond motifs is 1. The zero-order chi connectivity index (χ0) is 25.2. The first kappa shape index (κ1) is 24.1. The zero-order valence-corrected chi connectivity index (χ0v) is 22.0. The van der Waals surface area contributed by atoms with E-state index in [0.29, 0.717) is 17.9 Å². The van der Waals surface area contributed by atoms with E-state index < -0.39 is 0 Å². The molecule has 5 rings (SSSR count). The van der Waals surface area contributed by atoms with Crippen LogP contribution in [0, 0.1) is 0 Å². The Morgan fingerprint density at radius 3 is 2.14 bits per heavy atom. The largest absolute Gasteiger partial charge is 0.381 e. The number of aromatic nitrogens is 1. The quantitative estimate of drug-likeness (QED) is 0.281. The van der Waals surface area contributed by atoms with Gasteiger partial charge in [-0.1, -0.05) is 100 Å². The molecule has 0 radical (unpaired) electrons. The molecule has 36 heavy (non-hydrogen) atoms. The molecule has 0 saturated carbocycles. The van der Waals surface area contributed by atoms with Crippen LogP contribution in [-0.2, 0) is 6.42 Å². The zero-order valence-electron chi connectivity index (χ0n) is 22.0. The maximum Gasteiger partial charge on any atom is 0.0940 e. The Bertz CT molecular complexity index is 1310. The van der Waals surface area contributed by atoms with Crippen LogP contribution >= 0.6 is 0 Å². The van der Waals surface area contributed by atoms with Crippen LogP contribution in [0.1, 0.15) is 80.4 Å². The number of hydrogen-bond donors (Lipinski definition) is 2. The van der Waals surface area contributed by atoms with E-state index in [4.69, 9.17) is 4.98 Å². The number of nitrogens with zero attached hydrogens (tertiary/aromatic N) is 1. The number of rotatable bonds is 7. The van der Waals surface area contributed by atoms with Gasteiger partial charge in [-0.05, 0) is 59.6 Å². The minimum Gasteiger partial charge on any atom is -0.381 e. The molecule has 2 heterocycles. The van der Waals surface area contributed by atoms with Gasteiger partial charge in [0.1, 0.15) is 0 Å². The fourth-order valence-corrected chi connectivity index (χ4v) is 5.38. The van der Waals surface area contributed by atoms with Gasteiger partial charge in [-0.25, -0.2) is 0 Å². The van der Waals surface area contributed by atoms with Crippen molar-refractivity contribution in [1.29, 1.82) is 0 Å². The molecule has 0 spiro atoms. The first-order valence-corrected chi connectivity index (χ1v) is 13.2. The van der Waals surface area contributed by atoms with Crippen molar-refractivity contribution in [3.63, 3.8) is 0 Å². The van der Waals surface area contributed by atoms with Crippen LogP contribution < -0.4 is 10.6 Å². The molecule has 2 N–H and O–H groups in total. The molecule has 3 heteroatoms. The second-order valence-corrected chi connectivity index (χ2v) is 10.6. The SMILES string of the molecule is CC(C)c1cccc(C(C)C)c1N[C@H](c1ccccc1)c1cccc(-c2cccc3c2N[C@@H](C)C3)n1. The monoisotopic (exact) mass is 475 g/mol. The van der Waals surface area contributed by atoms with Gasteiger partial charge in [-0.2, -0.15) is 0 Å². The third-order valence-corrected chi connectivity index (χ3v) is 7.20. The van der Waals surface area contributed by atoms with Gasteiger partial charge in [-0.3, -0.25) is 4.98 Å². The number of para-hydroxylation sites is 2. The molecule has 3 nitrogen and oxygen atoms in total. The maximum absolute atomic E-state index is 5.26. The first-order chi connectivity index (χ1) is 17.4. The second-order valence-electron chi connectivity index (χ2n) is 10.6. The number of benzene rings is 3. The number of nitrogens with one attached hydrogen (secondary N) is 2. The van der Waals surface area contributed by atoms with Gasteiger partial charge in [0.2, 0.25) is 0 Å². The van der Waals surface area contributed by atoms with Crippen LogP contribution in [0.5, 0.6) is 0 Å². The van der Waals surface area contributed by atoms with E-state index in [2.05, 4.69) is 130 Å². The van der Waals surface area contributed by atoms with Gasteiger partial charge in [-0.15, -0.1) is 0 Å². The lowest BCUT2D eigenvalue weighted by atomic mass is 9.91. The Kier molecular flexibility index (Phi) is 6.82. The summed E-state index contributed by atoms with van der Waals surface area (Å²) in [6, 6.07) is 30.8. The lowest BCUT2D eigenvalue weighted by Crippen LogP contribution is -2.17. The minimum absolute atomic E-state index is 0.0628. The summed E-state index contributed by atoms with van der Waals surface area (Å²) in [6.07, 6.45) is 1.06. The minimum atomic E-state index is -0.0628. The predicted molar refractivity (Wildman–Crippen MR) is 153 cm³/mol. The Balaban J connectivity index is 1.62. The van der Waals surface area contributed by atoms with Crippen LogP contribution in [0.3, 0.4) is 0 Å². The van der Waals surface area contributed by atoms with E-state index >= 15 is 0 Å². The third-order valence-electron chi connectivity index (χ3n) is 7.20. The molecule has 1 aliphatic heterocycles. The van der Waals surface area contributed by atoms with Crippen molar-refractivity contribution >= 4 is 11.4 Å². The summed E-state index contributed by atoms with van der Waals surface area (Å²) in [7, 11) is 0. The fraction of sp³-hybridized carbons (Fsp3) is 0.303. The van der Waals surface area contributed by atoms with Crippen molar-refractivity contribution in [2.45, 2.75) is 65.0 Å². The van der Waals surface area contributed by atoms with E-state index in [1.807, 2.05) is 0 Å². The van der Waals surface area contributed by atoms with Crippen LogP contribution in [0.2, 0.25) is 0 Å². The van der Waals surface area contributed by atoms with Crippen LogP contribution in [-0.4, -0.2) is 11.0 Å². The summed E-state index contributed by atoms with van der Waals surface area (Å²) in [5, 5.41) is 7.64. The molecular formula is C33H37N3. The summed E-state index contributed by atoms with van der Waals surface area (Å²) in [6.45, 7) is 11.3.